The number of anilines is 1. The summed E-state index contributed by atoms with van der Waals surface area (Å²) in [6.45, 7) is 0. The Morgan fingerprint density at radius 1 is 1.19 bits per heavy atom. The fourth-order valence-electron chi connectivity index (χ4n) is 4.08. The van der Waals surface area contributed by atoms with Gasteiger partial charge >= 0.3 is 0 Å². The number of amides is 1. The molecule has 1 atom stereocenters. The van der Waals surface area contributed by atoms with E-state index in [9.17, 15) is 4.79 Å². The first kappa shape index (κ1) is 17.5. The van der Waals surface area contributed by atoms with Crippen LogP contribution in [0.3, 0.4) is 0 Å². The van der Waals surface area contributed by atoms with Gasteiger partial charge in [0, 0.05) is 36.0 Å². The lowest BCUT2D eigenvalue weighted by atomic mass is 9.77. The summed E-state index contributed by atoms with van der Waals surface area (Å²) in [5, 5.41) is 3.16. The van der Waals surface area contributed by atoms with E-state index in [0.717, 1.165) is 36.1 Å². The molecule has 4 rings (SSSR count). The summed E-state index contributed by atoms with van der Waals surface area (Å²) in [5.41, 5.74) is 7.11. The number of nitrogen functional groups attached to an aromatic ring is 1. The zero-order chi connectivity index (χ0) is 18.7. The number of nitrogens with zero attached hydrogens (tertiary/aromatic N) is 2. The maximum absolute atomic E-state index is 12.5. The first-order valence-corrected chi connectivity index (χ1v) is 9.48. The van der Waals surface area contributed by atoms with Crippen molar-refractivity contribution in [1.82, 2.24) is 15.3 Å². The highest BCUT2D eigenvalue weighted by Gasteiger charge is 2.41. The predicted molar refractivity (Wildman–Crippen MR) is 104 cm³/mol. The second-order valence-corrected chi connectivity index (χ2v) is 7.36. The van der Waals surface area contributed by atoms with Crippen LogP contribution < -0.4 is 15.8 Å². The lowest BCUT2D eigenvalue weighted by Crippen LogP contribution is -2.46. The molecule has 1 saturated carbocycles. The molecule has 0 bridgehead atoms. The van der Waals surface area contributed by atoms with E-state index in [1.807, 2.05) is 24.3 Å². The molecule has 1 aromatic carbocycles. The number of carbonyl (C=O) groups is 1. The molecule has 1 aliphatic carbocycles. The summed E-state index contributed by atoms with van der Waals surface area (Å²) in [7, 11) is 0. The molecule has 140 valence electrons. The van der Waals surface area contributed by atoms with Crippen LogP contribution in [0.15, 0.2) is 42.7 Å². The third kappa shape index (κ3) is 3.94. The van der Waals surface area contributed by atoms with Crippen LogP contribution in [0, 0.1) is 0 Å². The lowest BCUT2D eigenvalue weighted by molar-refractivity contribution is -0.118. The van der Waals surface area contributed by atoms with Gasteiger partial charge in [0.25, 0.3) is 0 Å². The first-order valence-electron chi connectivity index (χ1n) is 9.48. The molecule has 0 saturated heterocycles. The number of nitrogens with one attached hydrogen (secondary N) is 1. The second-order valence-electron chi connectivity index (χ2n) is 7.36. The van der Waals surface area contributed by atoms with E-state index < -0.39 is 0 Å². The minimum absolute atomic E-state index is 0.0483. The molecule has 2 aromatic rings. The summed E-state index contributed by atoms with van der Waals surface area (Å²) in [6.07, 6.45) is 12.9. The molecule has 2 aliphatic rings. The maximum atomic E-state index is 12.5. The Hall–Kier alpha value is -2.89. The van der Waals surface area contributed by atoms with Crippen molar-refractivity contribution in [3.63, 3.8) is 0 Å². The first-order chi connectivity index (χ1) is 13.1. The van der Waals surface area contributed by atoms with Crippen LogP contribution in [0.1, 0.15) is 55.7 Å². The summed E-state index contributed by atoms with van der Waals surface area (Å²) >= 11 is 0. The highest BCUT2D eigenvalue weighted by atomic mass is 16.5. The zero-order valence-electron chi connectivity index (χ0n) is 15.2. The van der Waals surface area contributed by atoms with Crippen LogP contribution in [0.25, 0.3) is 6.08 Å². The van der Waals surface area contributed by atoms with Crippen LogP contribution in [-0.2, 0) is 4.79 Å². The van der Waals surface area contributed by atoms with E-state index in [1.165, 1.54) is 25.3 Å². The van der Waals surface area contributed by atoms with Crippen molar-refractivity contribution in [3.8, 4) is 5.75 Å². The van der Waals surface area contributed by atoms with Crippen LogP contribution >= 0.6 is 0 Å². The van der Waals surface area contributed by atoms with Crippen molar-refractivity contribution in [2.75, 3.05) is 5.73 Å². The van der Waals surface area contributed by atoms with E-state index >= 15 is 0 Å². The van der Waals surface area contributed by atoms with Crippen molar-refractivity contribution in [2.45, 2.75) is 50.2 Å². The van der Waals surface area contributed by atoms with Crippen LogP contribution in [-0.4, -0.2) is 21.5 Å². The van der Waals surface area contributed by atoms with Gasteiger partial charge in [0.1, 0.15) is 11.4 Å². The molecule has 1 spiro atoms. The van der Waals surface area contributed by atoms with E-state index in [-0.39, 0.29) is 23.5 Å². The molecular formula is C21H24N4O2. The number of carbonyl (C=O) groups excluding carboxylic acids is 1. The van der Waals surface area contributed by atoms with Gasteiger partial charge in [0.15, 0.2) is 0 Å². The SMILES string of the molecule is Nc1ncc(/C=C/C(=O)NC2CC3(CCCCC3)Oc3ccccc32)cn1. The minimum Gasteiger partial charge on any atom is -0.487 e. The lowest BCUT2D eigenvalue weighted by Gasteiger charge is -2.44. The Morgan fingerprint density at radius 3 is 2.70 bits per heavy atom. The van der Waals surface area contributed by atoms with Gasteiger partial charge < -0.3 is 15.8 Å². The number of aromatic nitrogens is 2. The number of nitrogens with two attached hydrogens (primary N) is 1. The molecule has 6 heteroatoms. The quantitative estimate of drug-likeness (QED) is 0.815. The molecule has 6 nitrogen and oxygen atoms in total. The fourth-order valence-corrected chi connectivity index (χ4v) is 4.08. The normalized spacial score (nSPS) is 20.8. The Bertz CT molecular complexity index is 842. The van der Waals surface area contributed by atoms with E-state index in [0.29, 0.717) is 0 Å². The monoisotopic (exact) mass is 364 g/mol. The van der Waals surface area contributed by atoms with Gasteiger partial charge in [0.2, 0.25) is 11.9 Å². The molecule has 2 heterocycles. The standard InChI is InChI=1S/C21H24N4O2/c22-20-23-13-15(14-24-20)8-9-19(26)25-17-12-21(10-4-1-5-11-21)27-18-7-3-2-6-16(17)18/h2-3,6-9,13-14,17H,1,4-5,10-12H2,(H,25,26)(H2,22,23,24)/b9-8+. The van der Waals surface area contributed by atoms with E-state index in [1.54, 1.807) is 18.5 Å². The zero-order valence-corrected chi connectivity index (χ0v) is 15.2. The number of rotatable bonds is 3. The van der Waals surface area contributed by atoms with Gasteiger partial charge in [-0.05, 0) is 37.8 Å². The fraction of sp³-hybridized carbons (Fsp3) is 0.381. The summed E-state index contributed by atoms with van der Waals surface area (Å²) in [4.78, 5) is 20.4. The third-order valence-electron chi connectivity index (χ3n) is 5.40. The average Bonchev–Trinajstić information content (AvgIpc) is 2.68. The van der Waals surface area contributed by atoms with Crippen molar-refractivity contribution < 1.29 is 9.53 Å². The van der Waals surface area contributed by atoms with E-state index in [2.05, 4.69) is 15.3 Å². The van der Waals surface area contributed by atoms with Gasteiger partial charge in [-0.2, -0.15) is 0 Å². The van der Waals surface area contributed by atoms with Crippen LogP contribution in [0.4, 0.5) is 5.95 Å². The van der Waals surface area contributed by atoms with Gasteiger partial charge in [-0.1, -0.05) is 24.6 Å². The van der Waals surface area contributed by atoms with Gasteiger partial charge in [-0.15, -0.1) is 0 Å². The van der Waals surface area contributed by atoms with Crippen molar-refractivity contribution in [1.29, 1.82) is 0 Å². The molecule has 0 radical (unpaired) electrons. The maximum Gasteiger partial charge on any atom is 0.244 e. The minimum atomic E-state index is -0.154. The molecule has 1 aliphatic heterocycles. The summed E-state index contributed by atoms with van der Waals surface area (Å²) in [5.74, 6) is 0.972. The molecule has 3 N–H and O–H groups in total. The Balaban J connectivity index is 1.51. The average molecular weight is 364 g/mol. The molecular weight excluding hydrogens is 340 g/mol. The smallest absolute Gasteiger partial charge is 0.244 e. The number of hydrogen-bond donors (Lipinski definition) is 2. The van der Waals surface area contributed by atoms with Crippen molar-refractivity contribution in [2.24, 2.45) is 0 Å². The van der Waals surface area contributed by atoms with E-state index in [4.69, 9.17) is 10.5 Å². The number of ether oxygens (including phenoxy) is 1. The van der Waals surface area contributed by atoms with Gasteiger partial charge in [0.05, 0.1) is 6.04 Å². The van der Waals surface area contributed by atoms with Crippen LogP contribution in [0.5, 0.6) is 5.75 Å². The highest BCUT2D eigenvalue weighted by molar-refractivity contribution is 5.92. The molecule has 27 heavy (non-hydrogen) atoms. The van der Waals surface area contributed by atoms with Gasteiger partial charge in [-0.25, -0.2) is 9.97 Å². The summed E-state index contributed by atoms with van der Waals surface area (Å²) in [6, 6.07) is 7.97. The van der Waals surface area contributed by atoms with Crippen LogP contribution in [0.2, 0.25) is 0 Å². The number of benzene rings is 1. The highest BCUT2D eigenvalue weighted by Crippen LogP contribution is 2.45. The Morgan fingerprint density at radius 2 is 1.93 bits per heavy atom. The molecule has 1 fully saturated rings. The Kier molecular flexibility index (Phi) is 4.79. The van der Waals surface area contributed by atoms with Crippen molar-refractivity contribution in [3.05, 3.63) is 53.9 Å². The predicted octanol–water partition coefficient (Wildman–Crippen LogP) is 3.41. The number of hydrogen-bond acceptors (Lipinski definition) is 5. The number of fused-ring (bicyclic) bond motifs is 1. The second kappa shape index (κ2) is 7.39. The molecule has 1 aromatic heterocycles. The summed E-state index contributed by atoms with van der Waals surface area (Å²) < 4.78 is 6.42. The van der Waals surface area contributed by atoms with Crippen molar-refractivity contribution >= 4 is 17.9 Å². The molecule has 1 amide bonds. The number of para-hydroxylation sites is 1. The topological polar surface area (TPSA) is 90.1 Å². The largest absolute Gasteiger partial charge is 0.487 e. The Labute approximate surface area is 158 Å². The molecule has 1 unspecified atom stereocenters. The van der Waals surface area contributed by atoms with Gasteiger partial charge in [-0.3, -0.25) is 4.79 Å². The third-order valence-corrected chi connectivity index (χ3v) is 5.40.